The molecule has 0 unspecified atom stereocenters. The van der Waals surface area contributed by atoms with Gasteiger partial charge in [0.05, 0.1) is 16.4 Å². The number of para-hydroxylation sites is 1. The van der Waals surface area contributed by atoms with Crippen LogP contribution < -0.4 is 0 Å². The van der Waals surface area contributed by atoms with E-state index in [1.807, 2.05) is 36.4 Å². The minimum absolute atomic E-state index is 0.553. The molecule has 9 aromatic carbocycles. The van der Waals surface area contributed by atoms with Crippen molar-refractivity contribution in [3.63, 3.8) is 0 Å². The van der Waals surface area contributed by atoms with Crippen LogP contribution in [0.4, 0.5) is 0 Å². The van der Waals surface area contributed by atoms with Crippen LogP contribution in [0.1, 0.15) is 27.8 Å². The Morgan fingerprint density at radius 1 is 0.317 bits per heavy atom. The van der Waals surface area contributed by atoms with Gasteiger partial charge in [0, 0.05) is 33.2 Å². The van der Waals surface area contributed by atoms with E-state index in [0.29, 0.717) is 17.5 Å². The van der Waals surface area contributed by atoms with Crippen molar-refractivity contribution in [2.24, 2.45) is 0 Å². The van der Waals surface area contributed by atoms with E-state index >= 15 is 0 Å². The summed E-state index contributed by atoms with van der Waals surface area (Å²) in [6, 6.07) is 84.3. The normalized spacial score (nSPS) is 11.6. The number of nitrogens with zero attached hydrogens (tertiary/aromatic N) is 4. The maximum Gasteiger partial charge on any atom is 0.164 e. The van der Waals surface area contributed by atoms with Gasteiger partial charge in [-0.05, 0) is 76.7 Å². The second-order valence-electron chi connectivity index (χ2n) is 16.1. The van der Waals surface area contributed by atoms with Gasteiger partial charge in [-0.2, -0.15) is 0 Å². The van der Waals surface area contributed by atoms with Crippen molar-refractivity contribution >= 4 is 21.8 Å². The van der Waals surface area contributed by atoms with E-state index in [1.165, 1.54) is 38.6 Å². The molecule has 4 nitrogen and oxygen atoms in total. The molecular weight excluding hydrogens is 765 g/mol. The van der Waals surface area contributed by atoms with Crippen LogP contribution in [0.25, 0.3) is 72.8 Å². The molecule has 0 bridgehead atoms. The lowest BCUT2D eigenvalue weighted by molar-refractivity contribution is 0.745. The van der Waals surface area contributed by atoms with Crippen molar-refractivity contribution in [1.29, 1.82) is 0 Å². The lowest BCUT2D eigenvalue weighted by Gasteiger charge is -2.37. The first-order valence-electron chi connectivity index (χ1n) is 21.4. The number of benzene rings is 9. The molecule has 0 fully saturated rings. The zero-order chi connectivity index (χ0) is 42.2. The van der Waals surface area contributed by atoms with Crippen LogP contribution in [0.5, 0.6) is 0 Å². The molecule has 0 amide bonds. The van der Waals surface area contributed by atoms with E-state index < -0.39 is 5.41 Å². The van der Waals surface area contributed by atoms with Crippen molar-refractivity contribution in [1.82, 2.24) is 19.5 Å². The predicted octanol–water partition coefficient (Wildman–Crippen LogP) is 14.3. The second-order valence-corrected chi connectivity index (χ2v) is 16.1. The first-order chi connectivity index (χ1) is 31.1. The number of fused-ring (bicyclic) bond motifs is 3. The van der Waals surface area contributed by atoms with E-state index in [9.17, 15) is 0 Å². The third kappa shape index (κ3) is 6.79. The summed E-state index contributed by atoms with van der Waals surface area (Å²) in [7, 11) is 0. The van der Waals surface area contributed by atoms with Crippen molar-refractivity contribution in [2.45, 2.75) is 12.3 Å². The lowest BCUT2D eigenvalue weighted by atomic mass is 9.65. The van der Waals surface area contributed by atoms with Crippen LogP contribution in [0, 0.1) is 6.92 Å². The van der Waals surface area contributed by atoms with Crippen LogP contribution in [0.2, 0.25) is 0 Å². The van der Waals surface area contributed by atoms with Crippen LogP contribution in [0.15, 0.2) is 237 Å². The first-order valence-corrected chi connectivity index (χ1v) is 21.4. The molecule has 63 heavy (non-hydrogen) atoms. The molecule has 0 N–H and O–H groups in total. The topological polar surface area (TPSA) is 43.6 Å². The van der Waals surface area contributed by atoms with Gasteiger partial charge in [0.25, 0.3) is 0 Å². The molecule has 11 aromatic rings. The fourth-order valence-electron chi connectivity index (χ4n) is 9.32. The zero-order valence-corrected chi connectivity index (χ0v) is 34.8. The van der Waals surface area contributed by atoms with Crippen molar-refractivity contribution in [3.8, 4) is 51.0 Å². The third-order valence-electron chi connectivity index (χ3n) is 12.2. The van der Waals surface area contributed by atoms with Crippen molar-refractivity contribution in [3.05, 3.63) is 264 Å². The average Bonchev–Trinajstić information content (AvgIpc) is 3.69. The van der Waals surface area contributed by atoms with Crippen LogP contribution >= 0.6 is 0 Å². The van der Waals surface area contributed by atoms with Gasteiger partial charge < -0.3 is 4.57 Å². The summed E-state index contributed by atoms with van der Waals surface area (Å²) in [4.78, 5) is 15.4. The minimum Gasteiger partial charge on any atom is -0.309 e. The molecule has 0 radical (unpaired) electrons. The molecule has 0 saturated heterocycles. The summed E-state index contributed by atoms with van der Waals surface area (Å²) < 4.78 is 2.38. The van der Waals surface area contributed by atoms with E-state index in [2.05, 4.69) is 212 Å². The van der Waals surface area contributed by atoms with Gasteiger partial charge in [0.15, 0.2) is 17.5 Å². The molecule has 2 heterocycles. The number of hydrogen-bond donors (Lipinski definition) is 0. The zero-order valence-electron chi connectivity index (χ0n) is 34.8. The van der Waals surface area contributed by atoms with Gasteiger partial charge in [0.1, 0.15) is 0 Å². The van der Waals surface area contributed by atoms with Gasteiger partial charge in [-0.3, -0.25) is 0 Å². The molecule has 4 heteroatoms. The Morgan fingerprint density at radius 2 is 0.746 bits per heavy atom. The first kappa shape index (κ1) is 37.8. The van der Waals surface area contributed by atoms with Crippen LogP contribution in [-0.4, -0.2) is 19.5 Å². The minimum atomic E-state index is -0.553. The standard InChI is InChI=1S/C59H42N4/c1-41-31-36-55-53(37-41)52-29-17-18-30-54(52)63(55)51-39-45(38-46(40-51)58-61-56(43-19-7-2-8-20-43)60-57(62-58)44-21-9-3-10-22-44)42-32-34-50(35-33-42)59(47-23-11-4-12-24-47,48-25-13-5-14-26-48)49-27-15-6-16-28-49/h2-40H,1H3. The molecule has 0 saturated carbocycles. The number of aromatic nitrogens is 4. The summed E-state index contributed by atoms with van der Waals surface area (Å²) in [5.74, 6) is 1.86. The Balaban J connectivity index is 1.15. The summed E-state index contributed by atoms with van der Waals surface area (Å²) in [5.41, 5.74) is 13.7. The highest BCUT2D eigenvalue weighted by molar-refractivity contribution is 6.09. The summed E-state index contributed by atoms with van der Waals surface area (Å²) in [6.45, 7) is 2.16. The maximum atomic E-state index is 5.21. The number of aryl methyl sites for hydroxylation is 1. The molecule has 0 atom stereocenters. The summed E-state index contributed by atoms with van der Waals surface area (Å²) in [6.07, 6.45) is 0. The second kappa shape index (κ2) is 16.0. The largest absolute Gasteiger partial charge is 0.309 e. The summed E-state index contributed by atoms with van der Waals surface area (Å²) in [5, 5.41) is 2.43. The predicted molar refractivity (Wildman–Crippen MR) is 259 cm³/mol. The van der Waals surface area contributed by atoms with Gasteiger partial charge in [0.2, 0.25) is 0 Å². The molecule has 2 aromatic heterocycles. The van der Waals surface area contributed by atoms with Crippen molar-refractivity contribution in [2.75, 3.05) is 0 Å². The van der Waals surface area contributed by atoms with Crippen LogP contribution in [0.3, 0.4) is 0 Å². The lowest BCUT2D eigenvalue weighted by Crippen LogP contribution is -2.30. The smallest absolute Gasteiger partial charge is 0.164 e. The van der Waals surface area contributed by atoms with Crippen molar-refractivity contribution < 1.29 is 0 Å². The molecule has 0 aliphatic carbocycles. The Kier molecular flexibility index (Phi) is 9.59. The van der Waals surface area contributed by atoms with Gasteiger partial charge in [-0.15, -0.1) is 0 Å². The highest BCUT2D eigenvalue weighted by Gasteiger charge is 2.38. The van der Waals surface area contributed by atoms with Crippen LogP contribution in [-0.2, 0) is 5.41 Å². The fraction of sp³-hybridized carbons (Fsp3) is 0.0339. The van der Waals surface area contributed by atoms with E-state index in [0.717, 1.165) is 44.5 Å². The molecule has 0 aliphatic rings. The molecule has 11 rings (SSSR count). The highest BCUT2D eigenvalue weighted by atomic mass is 15.0. The molecule has 298 valence electrons. The third-order valence-corrected chi connectivity index (χ3v) is 12.2. The Labute approximate surface area is 367 Å². The molecular formula is C59H42N4. The van der Waals surface area contributed by atoms with E-state index in [4.69, 9.17) is 15.0 Å². The Morgan fingerprint density at radius 3 is 1.29 bits per heavy atom. The Bertz CT molecular complexity index is 3210. The quantitative estimate of drug-likeness (QED) is 0.136. The van der Waals surface area contributed by atoms with E-state index in [1.54, 1.807) is 0 Å². The monoisotopic (exact) mass is 806 g/mol. The number of rotatable bonds is 9. The molecule has 0 spiro atoms. The van der Waals surface area contributed by atoms with E-state index in [-0.39, 0.29) is 0 Å². The summed E-state index contributed by atoms with van der Waals surface area (Å²) >= 11 is 0. The number of hydrogen-bond acceptors (Lipinski definition) is 3. The van der Waals surface area contributed by atoms with Gasteiger partial charge in [-0.25, -0.2) is 15.0 Å². The fourth-order valence-corrected chi connectivity index (χ4v) is 9.32. The molecule has 0 aliphatic heterocycles. The maximum absolute atomic E-state index is 5.21. The SMILES string of the molecule is Cc1ccc2c(c1)c1ccccc1n2-c1cc(-c2ccc(C(c3ccccc3)(c3ccccc3)c3ccccc3)cc2)cc(-c2nc(-c3ccccc3)nc(-c3ccccc3)n2)c1. The van der Waals surface area contributed by atoms with Gasteiger partial charge in [-0.1, -0.05) is 206 Å². The average molecular weight is 807 g/mol. The van der Waals surface area contributed by atoms with Gasteiger partial charge >= 0.3 is 0 Å². The highest BCUT2D eigenvalue weighted by Crippen LogP contribution is 2.46. The Hall–Kier alpha value is -8.21.